The van der Waals surface area contributed by atoms with E-state index >= 15 is 0 Å². The van der Waals surface area contributed by atoms with Gasteiger partial charge < -0.3 is 20.3 Å². The number of hydrogen-bond acceptors (Lipinski definition) is 6. The van der Waals surface area contributed by atoms with Crippen molar-refractivity contribution in [1.29, 1.82) is 0 Å². The summed E-state index contributed by atoms with van der Waals surface area (Å²) in [7, 11) is 0. The van der Waals surface area contributed by atoms with Gasteiger partial charge in [0.2, 0.25) is 0 Å². The van der Waals surface area contributed by atoms with Crippen LogP contribution in [0.4, 0.5) is 0 Å². The summed E-state index contributed by atoms with van der Waals surface area (Å²) in [5.41, 5.74) is 6.12. The zero-order valence-electron chi connectivity index (χ0n) is 15.3. The first-order valence-electron chi connectivity index (χ1n) is 8.90. The van der Waals surface area contributed by atoms with Crippen LogP contribution in [0.1, 0.15) is 57.9 Å². The van der Waals surface area contributed by atoms with Gasteiger partial charge in [-0.3, -0.25) is 14.4 Å². The van der Waals surface area contributed by atoms with Gasteiger partial charge in [0.25, 0.3) is 0 Å². The van der Waals surface area contributed by atoms with Gasteiger partial charge in [-0.05, 0) is 37.0 Å². The third-order valence-corrected chi connectivity index (χ3v) is 3.70. The van der Waals surface area contributed by atoms with Crippen molar-refractivity contribution in [2.24, 2.45) is 5.73 Å². The van der Waals surface area contributed by atoms with E-state index in [4.69, 9.17) is 20.3 Å². The zero-order chi connectivity index (χ0) is 19.5. The number of hydrogen-bond donors (Lipinski definition) is 2. The smallest absolute Gasteiger partial charge is 0.320 e. The average molecular weight is 365 g/mol. The molecule has 0 unspecified atom stereocenters. The monoisotopic (exact) mass is 365 g/mol. The molecule has 7 nitrogen and oxygen atoms in total. The Balaban J connectivity index is 2.96. The van der Waals surface area contributed by atoms with Gasteiger partial charge in [0.1, 0.15) is 6.04 Å². The van der Waals surface area contributed by atoms with Gasteiger partial charge >= 0.3 is 17.9 Å². The summed E-state index contributed by atoms with van der Waals surface area (Å²) < 4.78 is 10.6. The Bertz CT molecular complexity index is 628. The van der Waals surface area contributed by atoms with E-state index in [9.17, 15) is 14.4 Å². The van der Waals surface area contributed by atoms with E-state index < -0.39 is 23.9 Å². The maximum atomic E-state index is 11.9. The molecule has 7 heteroatoms. The van der Waals surface area contributed by atoms with Crippen molar-refractivity contribution in [2.45, 2.75) is 64.8 Å². The molecule has 26 heavy (non-hydrogen) atoms. The first-order chi connectivity index (χ1) is 12.4. The molecule has 1 aromatic carbocycles. The highest BCUT2D eigenvalue weighted by Crippen LogP contribution is 2.30. The van der Waals surface area contributed by atoms with E-state index in [1.54, 1.807) is 6.07 Å². The number of ether oxygens (including phenoxy) is 2. The van der Waals surface area contributed by atoms with Crippen molar-refractivity contribution in [1.82, 2.24) is 0 Å². The molecule has 0 heterocycles. The fraction of sp³-hybridized carbons (Fsp3) is 0.526. The molecule has 0 aliphatic rings. The minimum absolute atomic E-state index is 0.0684. The lowest BCUT2D eigenvalue weighted by molar-refractivity contribution is -0.138. The predicted octanol–water partition coefficient (Wildman–Crippen LogP) is 2.83. The minimum Gasteiger partial charge on any atom is -0.480 e. The number of benzene rings is 1. The normalized spacial score (nSPS) is 11.7. The number of nitrogens with two attached hydrogens (primary N) is 1. The van der Waals surface area contributed by atoms with Crippen LogP contribution >= 0.6 is 0 Å². The number of carbonyl (C=O) groups is 3. The molecule has 1 aromatic rings. The van der Waals surface area contributed by atoms with E-state index in [0.717, 1.165) is 12.8 Å². The van der Waals surface area contributed by atoms with Crippen LogP contribution in [0.5, 0.6) is 11.5 Å². The number of aliphatic carboxylic acids is 1. The van der Waals surface area contributed by atoms with Crippen LogP contribution < -0.4 is 15.2 Å². The first-order valence-corrected chi connectivity index (χ1v) is 8.90. The van der Waals surface area contributed by atoms with Gasteiger partial charge in [-0.1, -0.05) is 32.8 Å². The third-order valence-electron chi connectivity index (χ3n) is 3.70. The number of carboxylic acid groups (broad SMARTS) is 1. The van der Waals surface area contributed by atoms with E-state index in [1.165, 1.54) is 12.1 Å². The highest BCUT2D eigenvalue weighted by Gasteiger charge is 2.17. The fourth-order valence-corrected chi connectivity index (χ4v) is 2.17. The molecule has 3 N–H and O–H groups in total. The molecule has 144 valence electrons. The Hall–Kier alpha value is -2.41. The lowest BCUT2D eigenvalue weighted by atomic mass is 10.1. The highest BCUT2D eigenvalue weighted by molar-refractivity contribution is 5.76. The minimum atomic E-state index is -1.12. The maximum Gasteiger partial charge on any atom is 0.320 e. The molecule has 0 bridgehead atoms. The van der Waals surface area contributed by atoms with Crippen LogP contribution in [0.25, 0.3) is 0 Å². The summed E-state index contributed by atoms with van der Waals surface area (Å²) >= 11 is 0. The predicted molar refractivity (Wildman–Crippen MR) is 96.1 cm³/mol. The van der Waals surface area contributed by atoms with Crippen molar-refractivity contribution >= 4 is 17.9 Å². The van der Waals surface area contributed by atoms with Gasteiger partial charge in [-0.15, -0.1) is 0 Å². The topological polar surface area (TPSA) is 116 Å². The van der Waals surface area contributed by atoms with E-state index in [1.807, 2.05) is 13.8 Å². The molecule has 0 radical (unpaired) electrons. The summed E-state index contributed by atoms with van der Waals surface area (Å²) in [6.45, 7) is 3.93. The number of esters is 2. The molecular formula is C19H27NO6. The SMILES string of the molecule is CCCCC(=O)Oc1ccc(C[C@H](N)C(=O)O)cc1OC(=O)CCCC. The van der Waals surface area contributed by atoms with Gasteiger partial charge in [-0.2, -0.15) is 0 Å². The van der Waals surface area contributed by atoms with Crippen LogP contribution in [0.15, 0.2) is 18.2 Å². The van der Waals surface area contributed by atoms with Crippen LogP contribution in [-0.2, 0) is 20.8 Å². The Morgan fingerprint density at radius 3 is 2.04 bits per heavy atom. The molecule has 0 saturated heterocycles. The first kappa shape index (κ1) is 21.6. The van der Waals surface area contributed by atoms with E-state index in [0.29, 0.717) is 18.4 Å². The summed E-state index contributed by atoms with van der Waals surface area (Å²) in [6.07, 6.45) is 3.69. The molecule has 0 amide bonds. The van der Waals surface area contributed by atoms with E-state index in [2.05, 4.69) is 0 Å². The summed E-state index contributed by atoms with van der Waals surface area (Å²) in [5.74, 6) is -1.72. The Morgan fingerprint density at radius 2 is 1.54 bits per heavy atom. The number of carboxylic acids is 1. The lowest BCUT2D eigenvalue weighted by Gasteiger charge is -2.13. The molecule has 0 aliphatic carbocycles. The Labute approximate surface area is 153 Å². The molecule has 0 spiro atoms. The van der Waals surface area contributed by atoms with Crippen LogP contribution in [0.3, 0.4) is 0 Å². The molecule has 1 rings (SSSR count). The summed E-state index contributed by atoms with van der Waals surface area (Å²) in [6, 6.07) is 3.52. The van der Waals surface area contributed by atoms with Crippen LogP contribution in [-0.4, -0.2) is 29.1 Å². The number of carbonyl (C=O) groups excluding carboxylic acids is 2. The van der Waals surface area contributed by atoms with Crippen molar-refractivity contribution in [2.75, 3.05) is 0 Å². The quantitative estimate of drug-likeness (QED) is 0.457. The molecular weight excluding hydrogens is 338 g/mol. The van der Waals surface area contributed by atoms with Crippen LogP contribution in [0, 0.1) is 0 Å². The van der Waals surface area contributed by atoms with Crippen molar-refractivity contribution < 1.29 is 29.0 Å². The summed E-state index contributed by atoms with van der Waals surface area (Å²) in [5, 5.41) is 8.93. The van der Waals surface area contributed by atoms with Crippen LogP contribution in [0.2, 0.25) is 0 Å². The number of unbranched alkanes of at least 4 members (excludes halogenated alkanes) is 2. The third kappa shape index (κ3) is 7.65. The van der Waals surface area contributed by atoms with Gasteiger partial charge in [-0.25, -0.2) is 0 Å². The van der Waals surface area contributed by atoms with E-state index in [-0.39, 0.29) is 30.8 Å². The van der Waals surface area contributed by atoms with Gasteiger partial charge in [0.15, 0.2) is 11.5 Å². The average Bonchev–Trinajstić information content (AvgIpc) is 2.60. The lowest BCUT2D eigenvalue weighted by Crippen LogP contribution is -2.32. The van der Waals surface area contributed by atoms with Crippen molar-refractivity contribution in [3.8, 4) is 11.5 Å². The molecule has 0 fully saturated rings. The van der Waals surface area contributed by atoms with Crippen molar-refractivity contribution in [3.63, 3.8) is 0 Å². The zero-order valence-corrected chi connectivity index (χ0v) is 15.3. The second-order valence-corrected chi connectivity index (χ2v) is 6.09. The molecule has 0 aliphatic heterocycles. The molecule has 0 saturated carbocycles. The van der Waals surface area contributed by atoms with Gasteiger partial charge in [0.05, 0.1) is 0 Å². The van der Waals surface area contributed by atoms with Gasteiger partial charge in [0, 0.05) is 12.8 Å². The fourth-order valence-electron chi connectivity index (χ4n) is 2.17. The second-order valence-electron chi connectivity index (χ2n) is 6.09. The Kier molecular flexibility index (Phi) is 9.36. The largest absolute Gasteiger partial charge is 0.480 e. The summed E-state index contributed by atoms with van der Waals surface area (Å²) in [4.78, 5) is 34.7. The molecule has 0 aromatic heterocycles. The number of rotatable bonds is 11. The van der Waals surface area contributed by atoms with Crippen molar-refractivity contribution in [3.05, 3.63) is 23.8 Å². The molecule has 1 atom stereocenters. The second kappa shape index (κ2) is 11.3. The maximum absolute atomic E-state index is 11.9. The standard InChI is InChI=1S/C19H27NO6/c1-3-5-7-17(21)25-15-10-9-13(11-14(20)19(23)24)12-16(15)26-18(22)8-6-4-2/h9-10,12,14H,3-8,11,20H2,1-2H3,(H,23,24)/t14-/m0/s1. The highest BCUT2D eigenvalue weighted by atomic mass is 16.6. The Morgan fingerprint density at radius 1 is 1.00 bits per heavy atom.